The number of rotatable bonds is 6. The zero-order chi connectivity index (χ0) is 17.9. The number of nitrogens with one attached hydrogen (secondary N) is 1. The van der Waals surface area contributed by atoms with Crippen LogP contribution in [0.3, 0.4) is 0 Å². The predicted octanol–water partition coefficient (Wildman–Crippen LogP) is 0.821. The first-order valence-electron chi connectivity index (χ1n) is 6.99. The minimum Gasteiger partial charge on any atom is -0.273 e. The molecule has 2 heterocycles. The molecule has 0 aliphatic heterocycles. The maximum atomic E-state index is 13.7. The molecule has 1 N–H and O–H groups in total. The monoisotopic (exact) mass is 337 g/mol. The van der Waals surface area contributed by atoms with Crippen molar-refractivity contribution in [2.45, 2.75) is 26.8 Å². The van der Waals surface area contributed by atoms with Gasteiger partial charge < -0.3 is 0 Å². The van der Waals surface area contributed by atoms with Crippen LogP contribution in [0.1, 0.15) is 23.4 Å². The first-order valence-corrected chi connectivity index (χ1v) is 6.99. The Balaban J connectivity index is 1.89. The lowest BCUT2D eigenvalue weighted by Gasteiger charge is -2.00. The van der Waals surface area contributed by atoms with Crippen LogP contribution >= 0.6 is 0 Å². The summed E-state index contributed by atoms with van der Waals surface area (Å²) < 4.78 is 16.0. The number of amides is 1. The van der Waals surface area contributed by atoms with Gasteiger partial charge in [0.05, 0.1) is 28.9 Å². The summed E-state index contributed by atoms with van der Waals surface area (Å²) in [5.41, 5.74) is 3.08. The van der Waals surface area contributed by atoms with Crippen molar-refractivity contribution in [2.24, 2.45) is 12.1 Å². The summed E-state index contributed by atoms with van der Waals surface area (Å²) in [7, 11) is 1.46. The molecule has 0 bridgehead atoms. The minimum atomic E-state index is -0.551. The highest BCUT2D eigenvalue weighted by Crippen LogP contribution is 2.15. The Morgan fingerprint density at radius 2 is 2.17 bits per heavy atom. The number of carbonyl (C=O) groups excluding carboxylic acids is 1. The maximum Gasteiger partial charge on any atom is 0.309 e. The third-order valence-corrected chi connectivity index (χ3v) is 3.26. The maximum absolute atomic E-state index is 13.7. The molecular formula is C13H16FN7O3. The van der Waals surface area contributed by atoms with Gasteiger partial charge in [0.15, 0.2) is 0 Å². The van der Waals surface area contributed by atoms with Gasteiger partial charge in [-0.2, -0.15) is 19.7 Å². The van der Waals surface area contributed by atoms with Crippen molar-refractivity contribution in [1.82, 2.24) is 25.0 Å². The smallest absolute Gasteiger partial charge is 0.273 e. The van der Waals surface area contributed by atoms with E-state index in [1.54, 1.807) is 6.92 Å². The summed E-state index contributed by atoms with van der Waals surface area (Å²) >= 11 is 0. The molecule has 2 aromatic rings. The lowest BCUT2D eigenvalue weighted by molar-refractivity contribution is -0.385. The van der Waals surface area contributed by atoms with Crippen molar-refractivity contribution in [1.29, 1.82) is 0 Å². The number of aromatic nitrogens is 4. The van der Waals surface area contributed by atoms with Gasteiger partial charge in [-0.15, -0.1) is 0 Å². The first kappa shape index (κ1) is 17.2. The fourth-order valence-corrected chi connectivity index (χ4v) is 2.03. The minimum absolute atomic E-state index is 0.0180. The summed E-state index contributed by atoms with van der Waals surface area (Å²) in [6.45, 7) is 3.30. The SMILES string of the molecule is Cc1nn(CCC(=O)NN=Cc2c(C)nn(C)c2F)cc1[N+](=O)[O-]. The van der Waals surface area contributed by atoms with Gasteiger partial charge in [0.25, 0.3) is 0 Å². The fourth-order valence-electron chi connectivity index (χ4n) is 2.03. The molecule has 0 saturated carbocycles. The highest BCUT2D eigenvalue weighted by Gasteiger charge is 2.15. The Morgan fingerprint density at radius 3 is 2.71 bits per heavy atom. The van der Waals surface area contributed by atoms with Gasteiger partial charge in [0.1, 0.15) is 11.9 Å². The van der Waals surface area contributed by atoms with Crippen LogP contribution in [-0.2, 0) is 18.4 Å². The number of aryl methyl sites for hydroxylation is 4. The number of hydrogen-bond donors (Lipinski definition) is 1. The van der Waals surface area contributed by atoms with Gasteiger partial charge in [-0.1, -0.05) is 0 Å². The Hall–Kier alpha value is -3.11. The second-order valence-electron chi connectivity index (χ2n) is 5.08. The highest BCUT2D eigenvalue weighted by atomic mass is 19.1. The molecule has 0 fully saturated rings. The molecule has 10 nitrogen and oxygen atoms in total. The Kier molecular flexibility index (Phi) is 5.02. The van der Waals surface area contributed by atoms with E-state index in [4.69, 9.17) is 0 Å². The summed E-state index contributed by atoms with van der Waals surface area (Å²) in [5.74, 6) is -0.978. The summed E-state index contributed by atoms with van der Waals surface area (Å²) in [5, 5.41) is 22.2. The number of nitro groups is 1. The van der Waals surface area contributed by atoms with Gasteiger partial charge >= 0.3 is 5.69 Å². The van der Waals surface area contributed by atoms with Crippen LogP contribution in [0.4, 0.5) is 10.1 Å². The summed E-state index contributed by atoms with van der Waals surface area (Å²) in [6, 6.07) is 0. The Labute approximate surface area is 136 Å². The molecule has 2 aromatic heterocycles. The number of nitrogens with zero attached hydrogens (tertiary/aromatic N) is 6. The zero-order valence-electron chi connectivity index (χ0n) is 13.4. The van der Waals surface area contributed by atoms with E-state index in [2.05, 4.69) is 20.7 Å². The van der Waals surface area contributed by atoms with E-state index < -0.39 is 16.8 Å². The number of hydrogen-bond acceptors (Lipinski definition) is 6. The first-order chi connectivity index (χ1) is 11.3. The van der Waals surface area contributed by atoms with Crippen LogP contribution in [0.15, 0.2) is 11.3 Å². The van der Waals surface area contributed by atoms with Crippen LogP contribution in [0.5, 0.6) is 0 Å². The highest BCUT2D eigenvalue weighted by molar-refractivity contribution is 5.83. The van der Waals surface area contributed by atoms with Crippen molar-refractivity contribution < 1.29 is 14.1 Å². The second-order valence-corrected chi connectivity index (χ2v) is 5.08. The van der Waals surface area contributed by atoms with Gasteiger partial charge in [0, 0.05) is 13.5 Å². The molecule has 24 heavy (non-hydrogen) atoms. The van der Waals surface area contributed by atoms with E-state index in [0.29, 0.717) is 5.69 Å². The standard InChI is InChI=1S/C13H16FN7O3/c1-8-10(13(14)19(3)17-8)6-15-16-12(22)4-5-20-7-11(21(23)24)9(2)18-20/h6-7H,4-5H2,1-3H3,(H,16,22). The Bertz CT molecular complexity index is 809. The van der Waals surface area contributed by atoms with E-state index in [-0.39, 0.29) is 29.9 Å². The third kappa shape index (κ3) is 3.80. The number of halogens is 1. The average Bonchev–Trinajstić information content (AvgIpc) is 2.99. The van der Waals surface area contributed by atoms with Crippen LogP contribution in [0.2, 0.25) is 0 Å². The fraction of sp³-hybridized carbons (Fsp3) is 0.385. The molecule has 2 rings (SSSR count). The molecule has 11 heteroatoms. The average molecular weight is 337 g/mol. The molecule has 1 amide bonds. The van der Waals surface area contributed by atoms with Gasteiger partial charge in [-0.05, 0) is 13.8 Å². The van der Waals surface area contributed by atoms with Crippen LogP contribution in [0, 0.1) is 29.9 Å². The quantitative estimate of drug-likeness (QED) is 0.475. The second kappa shape index (κ2) is 6.98. The molecule has 128 valence electrons. The van der Waals surface area contributed by atoms with E-state index in [9.17, 15) is 19.3 Å². The molecule has 0 aromatic carbocycles. The van der Waals surface area contributed by atoms with Crippen LogP contribution in [0.25, 0.3) is 0 Å². The van der Waals surface area contributed by atoms with E-state index >= 15 is 0 Å². The molecule has 0 atom stereocenters. The lowest BCUT2D eigenvalue weighted by Crippen LogP contribution is -2.19. The van der Waals surface area contributed by atoms with Gasteiger partial charge in [0.2, 0.25) is 11.9 Å². The van der Waals surface area contributed by atoms with Gasteiger partial charge in [-0.3, -0.25) is 19.6 Å². The van der Waals surface area contributed by atoms with Crippen molar-refractivity contribution in [3.63, 3.8) is 0 Å². The topological polar surface area (TPSA) is 120 Å². The number of carbonyl (C=O) groups is 1. The molecular weight excluding hydrogens is 321 g/mol. The summed E-state index contributed by atoms with van der Waals surface area (Å²) in [6.07, 6.45) is 2.46. The van der Waals surface area contributed by atoms with Crippen molar-refractivity contribution in [3.8, 4) is 0 Å². The van der Waals surface area contributed by atoms with E-state index in [1.165, 1.54) is 31.1 Å². The van der Waals surface area contributed by atoms with Crippen LogP contribution in [-0.4, -0.2) is 36.6 Å². The van der Waals surface area contributed by atoms with Crippen molar-refractivity contribution in [3.05, 3.63) is 39.2 Å². The van der Waals surface area contributed by atoms with E-state index in [1.807, 2.05) is 0 Å². The molecule has 0 aliphatic carbocycles. The third-order valence-electron chi connectivity index (χ3n) is 3.26. The predicted molar refractivity (Wildman–Crippen MR) is 81.9 cm³/mol. The van der Waals surface area contributed by atoms with E-state index in [0.717, 1.165) is 4.68 Å². The zero-order valence-corrected chi connectivity index (χ0v) is 13.4. The molecule has 0 spiro atoms. The van der Waals surface area contributed by atoms with Gasteiger partial charge in [-0.25, -0.2) is 10.1 Å². The van der Waals surface area contributed by atoms with Crippen molar-refractivity contribution >= 4 is 17.8 Å². The largest absolute Gasteiger partial charge is 0.309 e. The molecule has 0 aliphatic rings. The normalized spacial score (nSPS) is 11.2. The lowest BCUT2D eigenvalue weighted by atomic mass is 10.3. The van der Waals surface area contributed by atoms with Crippen LogP contribution < -0.4 is 5.43 Å². The molecule has 0 unspecified atom stereocenters. The number of hydrazone groups is 1. The molecule has 0 radical (unpaired) electrons. The van der Waals surface area contributed by atoms with Crippen molar-refractivity contribution in [2.75, 3.05) is 0 Å². The Morgan fingerprint density at radius 1 is 1.46 bits per heavy atom. The summed E-state index contributed by atoms with van der Waals surface area (Å²) in [4.78, 5) is 21.9. The molecule has 0 saturated heterocycles.